The Kier molecular flexibility index (Phi) is 5.65. The molecule has 100 valence electrons. The topological polar surface area (TPSA) is 29.1 Å². The van der Waals surface area contributed by atoms with Crippen molar-refractivity contribution in [3.8, 4) is 11.5 Å². The van der Waals surface area contributed by atoms with Crippen LogP contribution in [0.25, 0.3) is 0 Å². The van der Waals surface area contributed by atoms with E-state index in [0.717, 1.165) is 6.42 Å². The Morgan fingerprint density at radius 3 is 1.94 bits per heavy atom. The van der Waals surface area contributed by atoms with Gasteiger partial charge in [0.15, 0.2) is 0 Å². The summed E-state index contributed by atoms with van der Waals surface area (Å²) in [6, 6.07) is 0. The van der Waals surface area contributed by atoms with Crippen LogP contribution in [0.5, 0.6) is 0 Å². The van der Waals surface area contributed by atoms with Crippen LogP contribution in [0.3, 0.4) is 0 Å². The maximum absolute atomic E-state index is 12.0. The molecular weight excluding hydrogens is 246 g/mol. The first-order valence-electron chi connectivity index (χ1n) is 6.03. The van der Waals surface area contributed by atoms with Gasteiger partial charge in [0.25, 0.3) is 0 Å². The highest BCUT2D eigenvalue weighted by molar-refractivity contribution is 7.84. The summed E-state index contributed by atoms with van der Waals surface area (Å²) in [6.07, 6.45) is 0.735. The molecule has 0 unspecified atom stereocenters. The molecule has 0 spiro atoms. The van der Waals surface area contributed by atoms with Gasteiger partial charge in [0, 0.05) is 12.0 Å². The first-order valence-corrected chi connectivity index (χ1v) is 10.7. The van der Waals surface area contributed by atoms with Crippen molar-refractivity contribution in [3.05, 3.63) is 0 Å². The molecule has 0 aliphatic heterocycles. The second-order valence-electron chi connectivity index (χ2n) is 7.10. The summed E-state index contributed by atoms with van der Waals surface area (Å²) in [5.74, 6) is 3.24. The van der Waals surface area contributed by atoms with E-state index in [0.29, 0.717) is 0 Å². The van der Waals surface area contributed by atoms with E-state index < -0.39 is 19.1 Å². The Balaban J connectivity index is 4.50. The van der Waals surface area contributed by atoms with Crippen molar-refractivity contribution in [2.75, 3.05) is 0 Å². The van der Waals surface area contributed by atoms with Gasteiger partial charge in [0.2, 0.25) is 0 Å². The normalized spacial score (nSPS) is 15.1. The summed E-state index contributed by atoms with van der Waals surface area (Å²) in [5.41, 5.74) is 3.14. The average Bonchev–Trinajstić information content (AvgIpc) is 1.97. The van der Waals surface area contributed by atoms with E-state index >= 15 is 0 Å². The van der Waals surface area contributed by atoms with Gasteiger partial charge in [-0.25, -0.2) is 8.93 Å². The Hall–Kier alpha value is -0.113. The van der Waals surface area contributed by atoms with Crippen molar-refractivity contribution >= 4 is 19.1 Å². The quantitative estimate of drug-likeness (QED) is 0.621. The second kappa shape index (κ2) is 5.68. The molecule has 1 N–H and O–H groups in total. The Bertz CT molecular complexity index is 339. The molecule has 0 aromatic heterocycles. The monoisotopic (exact) mass is 273 g/mol. The molecule has 0 aliphatic carbocycles. The first-order chi connectivity index (χ1) is 7.33. The molecular formula is C13H27NOSSi. The Morgan fingerprint density at radius 2 is 1.59 bits per heavy atom. The summed E-state index contributed by atoms with van der Waals surface area (Å²) in [7, 11) is -2.34. The zero-order valence-corrected chi connectivity index (χ0v) is 14.3. The molecule has 0 aliphatic rings. The minimum Gasteiger partial charge on any atom is -0.242 e. The van der Waals surface area contributed by atoms with Gasteiger partial charge in [0.05, 0.1) is 15.7 Å². The van der Waals surface area contributed by atoms with Crippen LogP contribution in [-0.2, 0) is 11.0 Å². The predicted molar refractivity (Wildman–Crippen MR) is 80.8 cm³/mol. The van der Waals surface area contributed by atoms with Crippen LogP contribution in [0, 0.1) is 11.5 Å². The van der Waals surface area contributed by atoms with E-state index in [2.05, 4.69) is 49.7 Å². The lowest BCUT2D eigenvalue weighted by Gasteiger charge is -2.28. The number of rotatable bonds is 3. The maximum Gasteiger partial charge on any atom is 0.129 e. The van der Waals surface area contributed by atoms with Gasteiger partial charge in [-0.3, -0.25) is 0 Å². The lowest BCUT2D eigenvalue weighted by Crippen LogP contribution is -2.46. The van der Waals surface area contributed by atoms with Gasteiger partial charge >= 0.3 is 0 Å². The number of hydrogen-bond donors (Lipinski definition) is 1. The maximum atomic E-state index is 12.0. The third kappa shape index (κ3) is 8.59. The molecule has 0 radical (unpaired) electrons. The molecule has 0 saturated carbocycles. The highest BCUT2D eigenvalue weighted by atomic mass is 32.2. The van der Waals surface area contributed by atoms with Crippen LogP contribution in [0.15, 0.2) is 0 Å². The van der Waals surface area contributed by atoms with E-state index in [4.69, 9.17) is 0 Å². The molecule has 0 amide bonds. The average molecular weight is 274 g/mol. The molecule has 0 heterocycles. The third-order valence-corrected chi connectivity index (χ3v) is 4.70. The summed E-state index contributed by atoms with van der Waals surface area (Å²) in [6.45, 7) is 16.7. The molecule has 0 aromatic carbocycles. The van der Waals surface area contributed by atoms with Gasteiger partial charge in [0.1, 0.15) is 8.07 Å². The lowest BCUT2D eigenvalue weighted by molar-refractivity contribution is 0.476. The van der Waals surface area contributed by atoms with Gasteiger partial charge < -0.3 is 0 Å². The van der Waals surface area contributed by atoms with Gasteiger partial charge in [-0.05, 0) is 34.6 Å². The fraction of sp³-hybridized carbons (Fsp3) is 0.846. The van der Waals surface area contributed by atoms with Crippen LogP contribution in [-0.4, -0.2) is 22.6 Å². The smallest absolute Gasteiger partial charge is 0.129 e. The van der Waals surface area contributed by atoms with E-state index in [-0.39, 0.29) is 10.3 Å². The lowest BCUT2D eigenvalue weighted by atomic mass is 10.0. The van der Waals surface area contributed by atoms with Crippen molar-refractivity contribution in [1.29, 1.82) is 0 Å². The number of hydrogen-bond acceptors (Lipinski definition) is 1. The molecule has 0 aromatic rings. The van der Waals surface area contributed by atoms with Crippen molar-refractivity contribution in [1.82, 2.24) is 4.72 Å². The molecule has 17 heavy (non-hydrogen) atoms. The van der Waals surface area contributed by atoms with Crippen LogP contribution in [0.4, 0.5) is 0 Å². The first kappa shape index (κ1) is 16.9. The third-order valence-electron chi connectivity index (χ3n) is 1.92. The van der Waals surface area contributed by atoms with E-state index in [9.17, 15) is 4.21 Å². The SMILES string of the molecule is CC(C)(CC#C[Si](C)(C)C)N[S@](=O)C(C)(C)C. The van der Waals surface area contributed by atoms with Crippen molar-refractivity contribution in [2.24, 2.45) is 0 Å². The van der Waals surface area contributed by atoms with Gasteiger partial charge in [-0.15, -0.1) is 11.5 Å². The van der Waals surface area contributed by atoms with Crippen LogP contribution in [0.1, 0.15) is 41.0 Å². The largest absolute Gasteiger partial charge is 0.242 e. The molecule has 0 saturated heterocycles. The second-order valence-corrected chi connectivity index (χ2v) is 13.8. The molecule has 2 nitrogen and oxygen atoms in total. The minimum absolute atomic E-state index is 0.204. The van der Waals surface area contributed by atoms with E-state index in [1.165, 1.54) is 0 Å². The highest BCUT2D eigenvalue weighted by Crippen LogP contribution is 2.15. The summed E-state index contributed by atoms with van der Waals surface area (Å²) in [4.78, 5) is 0. The molecule has 1 atom stereocenters. The van der Waals surface area contributed by atoms with Crippen LogP contribution in [0.2, 0.25) is 19.6 Å². The van der Waals surface area contributed by atoms with Gasteiger partial charge in [-0.2, -0.15) is 0 Å². The van der Waals surface area contributed by atoms with Crippen LogP contribution >= 0.6 is 0 Å². The summed E-state index contributed by atoms with van der Waals surface area (Å²) in [5, 5.41) is 0. The predicted octanol–water partition coefficient (Wildman–Crippen LogP) is 3.09. The van der Waals surface area contributed by atoms with E-state index in [1.54, 1.807) is 0 Å². The highest BCUT2D eigenvalue weighted by Gasteiger charge is 2.26. The summed E-state index contributed by atoms with van der Waals surface area (Å²) >= 11 is 0. The van der Waals surface area contributed by atoms with Crippen molar-refractivity contribution < 1.29 is 4.21 Å². The minimum atomic E-state index is -1.30. The molecule has 0 bridgehead atoms. The van der Waals surface area contributed by atoms with Crippen molar-refractivity contribution in [2.45, 2.75) is 71.0 Å². The zero-order valence-electron chi connectivity index (χ0n) is 12.5. The zero-order chi connectivity index (χ0) is 13.9. The van der Waals surface area contributed by atoms with E-state index in [1.807, 2.05) is 20.8 Å². The number of nitrogens with one attached hydrogen (secondary N) is 1. The molecule has 0 rings (SSSR count). The fourth-order valence-electron chi connectivity index (χ4n) is 0.970. The van der Waals surface area contributed by atoms with Gasteiger partial charge in [-0.1, -0.05) is 19.6 Å². The molecule has 4 heteroatoms. The fourth-order valence-corrected chi connectivity index (χ4v) is 2.47. The van der Waals surface area contributed by atoms with Crippen molar-refractivity contribution in [3.63, 3.8) is 0 Å². The van der Waals surface area contributed by atoms with Crippen LogP contribution < -0.4 is 4.72 Å². The summed E-state index contributed by atoms with van der Waals surface area (Å²) < 4.78 is 14.9. The molecule has 0 fully saturated rings. The standard InChI is InChI=1S/C13H27NOSSi/c1-12(2,3)16(15)14-13(4,5)10-9-11-17(6,7)8/h14H,10H2,1-8H3/t16-/m1/s1. The Labute approximate surface area is 111 Å². The Morgan fingerprint density at radius 1 is 1.12 bits per heavy atom.